The lowest BCUT2D eigenvalue weighted by Crippen LogP contribution is -2.30. The van der Waals surface area contributed by atoms with Gasteiger partial charge >= 0.3 is 6.03 Å². The second kappa shape index (κ2) is 8.46. The number of hydrogen-bond donors (Lipinski definition) is 1. The summed E-state index contributed by atoms with van der Waals surface area (Å²) < 4.78 is 0. The summed E-state index contributed by atoms with van der Waals surface area (Å²) in [5.74, 6) is -0.0793. The molecule has 29 heavy (non-hydrogen) atoms. The van der Waals surface area contributed by atoms with E-state index in [0.717, 1.165) is 16.8 Å². The van der Waals surface area contributed by atoms with E-state index in [-0.39, 0.29) is 11.9 Å². The summed E-state index contributed by atoms with van der Waals surface area (Å²) in [6, 6.07) is 21.7. The summed E-state index contributed by atoms with van der Waals surface area (Å²) >= 11 is 18.0. The van der Waals surface area contributed by atoms with Crippen molar-refractivity contribution in [2.75, 3.05) is 11.9 Å². The molecular weight excluding hydrogens is 429 g/mol. The summed E-state index contributed by atoms with van der Waals surface area (Å²) in [6.07, 6.45) is 0. The number of nitrogens with one attached hydrogen (secondary N) is 1. The molecule has 7 heteroatoms. The van der Waals surface area contributed by atoms with Crippen LogP contribution >= 0.6 is 34.8 Å². The summed E-state index contributed by atoms with van der Waals surface area (Å²) in [7, 11) is 0. The minimum atomic E-state index is -0.310. The number of carbonyl (C=O) groups excluding carboxylic acids is 1. The average Bonchev–Trinajstić information content (AvgIpc) is 3.16. The third kappa shape index (κ3) is 4.56. The SMILES string of the molecule is O=C(Nc1ccc(Cl)cc1)N1CC(c2ccc(Cl)cc2)C(c2ccc(Cl)cc2)=N1. The maximum absolute atomic E-state index is 12.8. The standard InChI is InChI=1S/C22H16Cl3N3O/c23-16-5-1-14(2-6-16)20-13-28(22(29)26-19-11-9-18(25)10-12-19)27-21(20)15-3-7-17(24)8-4-15/h1-12,20H,13H2,(H,26,29). The zero-order valence-electron chi connectivity index (χ0n) is 15.1. The molecule has 1 unspecified atom stereocenters. The molecule has 1 N–H and O–H groups in total. The molecule has 0 aromatic heterocycles. The Kier molecular flexibility index (Phi) is 5.76. The molecule has 0 saturated heterocycles. The van der Waals surface area contributed by atoms with Crippen LogP contribution in [0.5, 0.6) is 0 Å². The largest absolute Gasteiger partial charge is 0.342 e. The molecule has 1 aliphatic heterocycles. The monoisotopic (exact) mass is 443 g/mol. The van der Waals surface area contributed by atoms with Crippen molar-refractivity contribution in [2.45, 2.75) is 5.92 Å². The van der Waals surface area contributed by atoms with Gasteiger partial charge in [0.1, 0.15) is 0 Å². The number of benzene rings is 3. The highest BCUT2D eigenvalue weighted by Crippen LogP contribution is 2.30. The fourth-order valence-corrected chi connectivity index (χ4v) is 3.57. The van der Waals surface area contributed by atoms with Crippen LogP contribution in [-0.2, 0) is 0 Å². The van der Waals surface area contributed by atoms with Crippen LogP contribution in [0, 0.1) is 0 Å². The van der Waals surface area contributed by atoms with Gasteiger partial charge in [0.2, 0.25) is 0 Å². The van der Waals surface area contributed by atoms with Crippen LogP contribution < -0.4 is 5.32 Å². The van der Waals surface area contributed by atoms with Gasteiger partial charge in [0, 0.05) is 26.7 Å². The molecule has 0 bridgehead atoms. The predicted octanol–water partition coefficient (Wildman–Crippen LogP) is 6.68. The lowest BCUT2D eigenvalue weighted by Gasteiger charge is -2.16. The van der Waals surface area contributed by atoms with E-state index in [0.29, 0.717) is 27.3 Å². The lowest BCUT2D eigenvalue weighted by atomic mass is 9.91. The van der Waals surface area contributed by atoms with Crippen LogP contribution in [0.2, 0.25) is 15.1 Å². The summed E-state index contributed by atoms with van der Waals surface area (Å²) in [6.45, 7) is 0.416. The molecule has 146 valence electrons. The number of urea groups is 1. The second-order valence-corrected chi connectivity index (χ2v) is 7.92. The Bertz CT molecular complexity index is 1050. The first-order valence-electron chi connectivity index (χ1n) is 8.93. The molecule has 0 saturated carbocycles. The number of amides is 2. The van der Waals surface area contributed by atoms with Crippen molar-refractivity contribution in [1.29, 1.82) is 0 Å². The predicted molar refractivity (Wildman–Crippen MR) is 119 cm³/mol. The van der Waals surface area contributed by atoms with Crippen LogP contribution in [0.15, 0.2) is 77.9 Å². The summed E-state index contributed by atoms with van der Waals surface area (Å²) in [5, 5.41) is 10.8. The van der Waals surface area contributed by atoms with Gasteiger partial charge in [-0.25, -0.2) is 9.80 Å². The van der Waals surface area contributed by atoms with Gasteiger partial charge in [-0.3, -0.25) is 0 Å². The molecule has 4 rings (SSSR count). The van der Waals surface area contributed by atoms with Crippen molar-refractivity contribution in [2.24, 2.45) is 5.10 Å². The third-order valence-electron chi connectivity index (χ3n) is 4.66. The van der Waals surface area contributed by atoms with Crippen LogP contribution in [-0.4, -0.2) is 23.3 Å². The molecule has 1 atom stereocenters. The van der Waals surface area contributed by atoms with Gasteiger partial charge in [0.25, 0.3) is 0 Å². The number of hydrogen-bond acceptors (Lipinski definition) is 2. The lowest BCUT2D eigenvalue weighted by molar-refractivity contribution is 0.218. The van der Waals surface area contributed by atoms with Gasteiger partial charge in [-0.15, -0.1) is 0 Å². The van der Waals surface area contributed by atoms with E-state index in [2.05, 4.69) is 10.4 Å². The smallest absolute Gasteiger partial charge is 0.306 e. The van der Waals surface area contributed by atoms with Crippen LogP contribution in [0.3, 0.4) is 0 Å². The summed E-state index contributed by atoms with van der Waals surface area (Å²) in [4.78, 5) is 12.8. The number of anilines is 1. The van der Waals surface area contributed by atoms with Gasteiger partial charge in [-0.1, -0.05) is 59.1 Å². The van der Waals surface area contributed by atoms with Crippen molar-refractivity contribution in [1.82, 2.24) is 5.01 Å². The fraction of sp³-hybridized carbons (Fsp3) is 0.0909. The van der Waals surface area contributed by atoms with E-state index < -0.39 is 0 Å². The molecule has 0 aliphatic carbocycles. The quantitative estimate of drug-likeness (QED) is 0.481. The van der Waals surface area contributed by atoms with E-state index in [1.54, 1.807) is 24.3 Å². The first-order chi connectivity index (χ1) is 14.0. The molecule has 3 aromatic rings. The van der Waals surface area contributed by atoms with Gasteiger partial charge in [0.15, 0.2) is 0 Å². The van der Waals surface area contributed by atoms with Crippen LogP contribution in [0.1, 0.15) is 17.0 Å². The molecule has 3 aromatic carbocycles. The van der Waals surface area contributed by atoms with E-state index in [1.807, 2.05) is 48.5 Å². The van der Waals surface area contributed by atoms with E-state index in [1.165, 1.54) is 5.01 Å². The molecular formula is C22H16Cl3N3O. The zero-order valence-corrected chi connectivity index (χ0v) is 17.4. The Balaban J connectivity index is 1.63. The van der Waals surface area contributed by atoms with Crippen molar-refractivity contribution in [3.63, 3.8) is 0 Å². The van der Waals surface area contributed by atoms with Crippen molar-refractivity contribution in [3.05, 3.63) is 99.0 Å². The average molecular weight is 445 g/mol. The summed E-state index contributed by atoms with van der Waals surface area (Å²) in [5.41, 5.74) is 3.40. The number of nitrogens with zero attached hydrogens (tertiary/aromatic N) is 2. The topological polar surface area (TPSA) is 44.7 Å². The zero-order chi connectivity index (χ0) is 20.4. The van der Waals surface area contributed by atoms with E-state index in [9.17, 15) is 4.79 Å². The van der Waals surface area contributed by atoms with Crippen LogP contribution in [0.25, 0.3) is 0 Å². The minimum absolute atomic E-state index is 0.0793. The van der Waals surface area contributed by atoms with Gasteiger partial charge in [-0.05, 0) is 59.7 Å². The highest BCUT2D eigenvalue weighted by molar-refractivity contribution is 6.31. The van der Waals surface area contributed by atoms with E-state index in [4.69, 9.17) is 34.8 Å². The molecule has 0 spiro atoms. The van der Waals surface area contributed by atoms with Crippen molar-refractivity contribution >= 4 is 52.2 Å². The molecule has 4 nitrogen and oxygen atoms in total. The highest BCUT2D eigenvalue weighted by Gasteiger charge is 2.32. The first-order valence-corrected chi connectivity index (χ1v) is 10.1. The second-order valence-electron chi connectivity index (χ2n) is 6.62. The molecule has 2 amide bonds. The Hall–Kier alpha value is -2.53. The number of halogens is 3. The molecule has 1 heterocycles. The Morgan fingerprint density at radius 1 is 0.828 bits per heavy atom. The van der Waals surface area contributed by atoms with Gasteiger partial charge in [0.05, 0.1) is 12.3 Å². The maximum atomic E-state index is 12.8. The van der Waals surface area contributed by atoms with Crippen molar-refractivity contribution < 1.29 is 4.79 Å². The fourth-order valence-electron chi connectivity index (χ4n) is 3.19. The number of rotatable bonds is 3. The molecule has 0 fully saturated rings. The molecule has 1 aliphatic rings. The Morgan fingerprint density at radius 2 is 1.34 bits per heavy atom. The van der Waals surface area contributed by atoms with E-state index >= 15 is 0 Å². The third-order valence-corrected chi connectivity index (χ3v) is 5.41. The maximum Gasteiger partial charge on any atom is 0.342 e. The normalized spacial score (nSPS) is 15.9. The Morgan fingerprint density at radius 3 is 1.93 bits per heavy atom. The highest BCUT2D eigenvalue weighted by atomic mass is 35.5. The number of carbonyl (C=O) groups is 1. The van der Waals surface area contributed by atoms with Crippen molar-refractivity contribution in [3.8, 4) is 0 Å². The van der Waals surface area contributed by atoms with Crippen LogP contribution in [0.4, 0.5) is 10.5 Å². The molecule has 0 radical (unpaired) electrons. The van der Waals surface area contributed by atoms with Gasteiger partial charge < -0.3 is 5.32 Å². The minimum Gasteiger partial charge on any atom is -0.306 e. The Labute approximate surface area is 183 Å². The first kappa shape index (κ1) is 19.8. The van der Waals surface area contributed by atoms with Gasteiger partial charge in [-0.2, -0.15) is 5.10 Å². The number of hydrazone groups is 1.